The maximum absolute atomic E-state index is 10.6. The molecule has 0 spiro atoms. The number of ether oxygens (including phenoxy) is 1. The van der Waals surface area contributed by atoms with Gasteiger partial charge in [0.1, 0.15) is 0 Å². The second kappa shape index (κ2) is 5.57. The fourth-order valence-electron chi connectivity index (χ4n) is 0.912. The molecule has 0 aromatic heterocycles. The molecule has 0 amide bonds. The molecule has 78 valence electrons. The van der Waals surface area contributed by atoms with Gasteiger partial charge in [0.05, 0.1) is 7.11 Å². The molecule has 1 aromatic rings. The number of methoxy groups -OCH3 is 1. The molecule has 0 saturated heterocycles. The molecule has 0 bridgehead atoms. The molecule has 1 rings (SSSR count). The first kappa shape index (κ1) is 14.5. The van der Waals surface area contributed by atoms with E-state index in [-0.39, 0.29) is 45.1 Å². The van der Waals surface area contributed by atoms with E-state index in [1.165, 1.54) is 25.3 Å². The Morgan fingerprint density at radius 1 is 1.40 bits per heavy atom. The molecule has 0 aliphatic rings. The monoisotopic (exact) mass is 240 g/mol. The van der Waals surface area contributed by atoms with Crippen molar-refractivity contribution in [2.75, 3.05) is 7.11 Å². The summed E-state index contributed by atoms with van der Waals surface area (Å²) < 4.78 is 34.2. The Balaban J connectivity index is 0.00000196. The second-order valence-corrected chi connectivity index (χ2v) is 3.63. The zero-order valence-corrected chi connectivity index (χ0v) is 8.10. The number of nitrogens with zero attached hydrogens (tertiary/aromatic N) is 2. The van der Waals surface area contributed by atoms with Crippen LogP contribution in [0.2, 0.25) is 0 Å². The van der Waals surface area contributed by atoms with Crippen molar-refractivity contribution in [1.29, 1.82) is 0 Å². The zero-order chi connectivity index (χ0) is 10.8. The summed E-state index contributed by atoms with van der Waals surface area (Å²) in [6.45, 7) is 0. The van der Waals surface area contributed by atoms with E-state index in [4.69, 9.17) is 14.8 Å². The van der Waals surface area contributed by atoms with Crippen molar-refractivity contribution in [3.63, 3.8) is 0 Å². The molecule has 0 unspecified atom stereocenters. The van der Waals surface area contributed by atoms with Gasteiger partial charge >= 0.3 is 39.9 Å². The number of rotatable bonds is 3. The second-order valence-electron chi connectivity index (χ2n) is 2.39. The molecule has 1 N–H and O–H groups in total. The maximum atomic E-state index is 10.6. The van der Waals surface area contributed by atoms with E-state index < -0.39 is 10.3 Å². The van der Waals surface area contributed by atoms with Crippen LogP contribution in [0.1, 0.15) is 0 Å². The van der Waals surface area contributed by atoms with E-state index in [1.54, 1.807) is 6.07 Å². The van der Waals surface area contributed by atoms with Gasteiger partial charge in [-0.05, 0) is 6.07 Å². The molecule has 0 aliphatic heterocycles. The van der Waals surface area contributed by atoms with Gasteiger partial charge in [0, 0.05) is 6.07 Å². The molecule has 0 saturated carbocycles. The third-order valence-electron chi connectivity index (χ3n) is 1.51. The summed E-state index contributed by atoms with van der Waals surface area (Å²) in [6.07, 6.45) is 0. The van der Waals surface area contributed by atoms with Crippen LogP contribution >= 0.6 is 0 Å². The summed E-state index contributed by atoms with van der Waals surface area (Å²) in [4.78, 5) is 0. The molecule has 0 aliphatic carbocycles. The van der Waals surface area contributed by atoms with Crippen LogP contribution in [-0.4, -0.2) is 53.7 Å². The van der Waals surface area contributed by atoms with Crippen LogP contribution in [0.5, 0.6) is 5.75 Å². The molecule has 0 radical (unpaired) electrons. The predicted octanol–water partition coefficient (Wildman–Crippen LogP) is 0.515. The quantitative estimate of drug-likeness (QED) is 0.361. The van der Waals surface area contributed by atoms with Crippen molar-refractivity contribution >= 4 is 45.5 Å². The van der Waals surface area contributed by atoms with Gasteiger partial charge in [-0.1, -0.05) is 12.1 Å². The first-order chi connectivity index (χ1) is 6.46. The van der Waals surface area contributed by atoms with Crippen LogP contribution in [0.3, 0.4) is 0 Å². The topological polar surface area (TPSA) is 88.9 Å². The Morgan fingerprint density at radius 3 is 2.40 bits per heavy atom. The average molecular weight is 240 g/mol. The van der Waals surface area contributed by atoms with Crippen LogP contribution < -0.4 is 4.74 Å². The Hall–Kier alpha value is -0.470. The van der Waals surface area contributed by atoms with Gasteiger partial charge in [-0.15, -0.1) is 12.5 Å². The Morgan fingerprint density at radius 2 is 1.93 bits per heavy atom. The summed E-state index contributed by atoms with van der Waals surface area (Å²) in [7, 11) is -3.36. The standard InChI is InChI=1S/C7H8N2O4S.Na.H/c1-13-7-5-3-2-4-6(7)9(8)14(10,11)12;;/h2-5H,1H3,(H,10,11,12);;. The number of hydrogen-bond donors (Lipinski definition) is 1. The fraction of sp³-hybridized carbons (Fsp3) is 0.143. The van der Waals surface area contributed by atoms with E-state index in [1.807, 2.05) is 0 Å². The number of hydrogen-bond acceptors (Lipinski definition) is 3. The van der Waals surface area contributed by atoms with Crippen molar-refractivity contribution < 1.29 is 21.8 Å². The van der Waals surface area contributed by atoms with E-state index in [0.29, 0.717) is 0 Å². The minimum atomic E-state index is -4.68. The minimum absolute atomic E-state index is 0. The number of para-hydroxylation sites is 2. The van der Waals surface area contributed by atoms with Crippen molar-refractivity contribution in [1.82, 2.24) is 0 Å². The van der Waals surface area contributed by atoms with Gasteiger partial charge in [-0.25, -0.2) is 4.55 Å². The Labute approximate surface area is 110 Å². The molecular weight excluding hydrogens is 231 g/mol. The third kappa shape index (κ3) is 3.54. The van der Waals surface area contributed by atoms with Gasteiger partial charge in [0.2, 0.25) is 0 Å². The van der Waals surface area contributed by atoms with Gasteiger partial charge in [-0.3, -0.25) is 0 Å². The first-order valence-corrected chi connectivity index (χ1v) is 4.96. The first-order valence-electron chi connectivity index (χ1n) is 3.56. The fourth-order valence-corrected chi connectivity index (χ4v) is 1.31. The SMILES string of the molecule is COc1ccccc1[N+](=[N-])S(=O)(=O)O.[NaH]. The van der Waals surface area contributed by atoms with Gasteiger partial charge in [-0.2, -0.15) is 0 Å². The molecular formula is C7H9N2NaO4S. The van der Waals surface area contributed by atoms with Crippen molar-refractivity contribution in [2.24, 2.45) is 0 Å². The van der Waals surface area contributed by atoms with Crippen LogP contribution in [0, 0.1) is 0 Å². The molecule has 0 fully saturated rings. The summed E-state index contributed by atoms with van der Waals surface area (Å²) in [5.74, 6) is 0.132. The van der Waals surface area contributed by atoms with Gasteiger partial charge in [0.15, 0.2) is 5.75 Å². The molecule has 0 atom stereocenters. The Kier molecular flexibility index (Phi) is 5.39. The zero-order valence-electron chi connectivity index (χ0n) is 7.28. The van der Waals surface area contributed by atoms with E-state index in [0.717, 1.165) is 0 Å². The Bertz CT molecular complexity index is 460. The molecule has 6 nitrogen and oxygen atoms in total. The summed E-state index contributed by atoms with van der Waals surface area (Å²) in [5.41, 5.74) is 8.93. The van der Waals surface area contributed by atoms with Crippen molar-refractivity contribution in [3.8, 4) is 5.75 Å². The number of benzene rings is 1. The van der Waals surface area contributed by atoms with Crippen molar-refractivity contribution in [3.05, 3.63) is 29.8 Å². The summed E-state index contributed by atoms with van der Waals surface area (Å²) in [6, 6.07) is 5.82. The molecule has 15 heavy (non-hydrogen) atoms. The van der Waals surface area contributed by atoms with Gasteiger partial charge in [0.25, 0.3) is 5.69 Å². The molecule has 8 heteroatoms. The van der Waals surface area contributed by atoms with Crippen molar-refractivity contribution in [2.45, 2.75) is 0 Å². The summed E-state index contributed by atoms with van der Waals surface area (Å²) in [5, 5.41) is 0. The van der Waals surface area contributed by atoms with E-state index in [9.17, 15) is 8.42 Å². The van der Waals surface area contributed by atoms with Crippen LogP contribution in [0.25, 0.3) is 5.53 Å². The van der Waals surface area contributed by atoms with E-state index in [2.05, 4.69) is 0 Å². The van der Waals surface area contributed by atoms with E-state index >= 15 is 0 Å². The van der Waals surface area contributed by atoms with Gasteiger partial charge < -0.3 is 10.3 Å². The van der Waals surface area contributed by atoms with Crippen LogP contribution in [0.15, 0.2) is 24.3 Å². The third-order valence-corrected chi connectivity index (χ3v) is 2.14. The molecule has 1 aromatic carbocycles. The molecule has 0 heterocycles. The summed E-state index contributed by atoms with van der Waals surface area (Å²) >= 11 is 0. The predicted molar refractivity (Wildman–Crippen MR) is 55.0 cm³/mol. The normalized spacial score (nSPS) is 10.3. The van der Waals surface area contributed by atoms with Crippen LogP contribution in [0.4, 0.5) is 5.69 Å². The average Bonchev–Trinajstić information content (AvgIpc) is 2.15. The van der Waals surface area contributed by atoms with Crippen LogP contribution in [-0.2, 0) is 10.3 Å².